The Hall–Kier alpha value is -3.59. The SMILES string of the molecule is Cc1ccc(CN(Cc2ccccc2)C(=O)CN(CC2CCCO2)C(=O)c2ccc(C(F)(F)F)cc2)o1. The summed E-state index contributed by atoms with van der Waals surface area (Å²) in [6.07, 6.45) is -3.15. The molecule has 1 aromatic heterocycles. The first-order chi connectivity index (χ1) is 17.7. The minimum absolute atomic E-state index is 0.0788. The van der Waals surface area contributed by atoms with Crippen LogP contribution in [0.1, 0.15) is 45.8 Å². The third kappa shape index (κ3) is 7.22. The van der Waals surface area contributed by atoms with Crippen molar-refractivity contribution >= 4 is 11.8 Å². The first-order valence-electron chi connectivity index (χ1n) is 12.1. The molecule has 196 valence electrons. The molecule has 0 N–H and O–H groups in total. The molecule has 0 aliphatic carbocycles. The summed E-state index contributed by atoms with van der Waals surface area (Å²) in [7, 11) is 0. The fourth-order valence-corrected chi connectivity index (χ4v) is 4.30. The number of rotatable bonds is 9. The molecule has 2 amide bonds. The van der Waals surface area contributed by atoms with Gasteiger partial charge in [-0.1, -0.05) is 30.3 Å². The van der Waals surface area contributed by atoms with Crippen molar-refractivity contribution in [2.45, 2.75) is 45.1 Å². The molecule has 1 aliphatic heterocycles. The fraction of sp³-hybridized carbons (Fsp3) is 0.357. The molecule has 1 fully saturated rings. The summed E-state index contributed by atoms with van der Waals surface area (Å²) in [5, 5.41) is 0. The molecule has 1 unspecified atom stereocenters. The molecule has 6 nitrogen and oxygen atoms in total. The lowest BCUT2D eigenvalue weighted by Gasteiger charge is -2.29. The predicted octanol–water partition coefficient (Wildman–Crippen LogP) is 5.46. The Balaban J connectivity index is 1.55. The molecular formula is C28H29F3N2O4. The van der Waals surface area contributed by atoms with E-state index >= 15 is 0 Å². The molecule has 0 radical (unpaired) electrons. The second-order valence-corrected chi connectivity index (χ2v) is 9.14. The number of carbonyl (C=O) groups is 2. The van der Waals surface area contributed by atoms with Crippen LogP contribution >= 0.6 is 0 Å². The lowest BCUT2D eigenvalue weighted by molar-refractivity contribution is -0.137. The zero-order chi connectivity index (χ0) is 26.4. The highest BCUT2D eigenvalue weighted by atomic mass is 19.4. The van der Waals surface area contributed by atoms with Gasteiger partial charge in [0.1, 0.15) is 18.1 Å². The molecule has 0 spiro atoms. The highest BCUT2D eigenvalue weighted by Gasteiger charge is 2.31. The van der Waals surface area contributed by atoms with Gasteiger partial charge in [0.05, 0.1) is 18.2 Å². The van der Waals surface area contributed by atoms with Crippen LogP contribution in [0.25, 0.3) is 0 Å². The molecule has 0 saturated carbocycles. The molecule has 1 saturated heterocycles. The molecule has 2 aromatic carbocycles. The Morgan fingerprint density at radius 1 is 0.946 bits per heavy atom. The van der Waals surface area contributed by atoms with Gasteiger partial charge in [-0.3, -0.25) is 9.59 Å². The van der Waals surface area contributed by atoms with Crippen LogP contribution < -0.4 is 0 Å². The van der Waals surface area contributed by atoms with E-state index in [4.69, 9.17) is 9.15 Å². The largest absolute Gasteiger partial charge is 0.464 e. The number of nitrogens with zero attached hydrogens (tertiary/aromatic N) is 2. The Bertz CT molecular complexity index is 1190. The van der Waals surface area contributed by atoms with Crippen LogP contribution in [-0.2, 0) is 28.8 Å². The topological polar surface area (TPSA) is 63.0 Å². The van der Waals surface area contributed by atoms with Gasteiger partial charge in [-0.25, -0.2) is 0 Å². The lowest BCUT2D eigenvalue weighted by Crippen LogP contribution is -2.45. The number of hydrogen-bond donors (Lipinski definition) is 0. The van der Waals surface area contributed by atoms with Gasteiger partial charge in [-0.05, 0) is 61.7 Å². The van der Waals surface area contributed by atoms with E-state index < -0.39 is 17.6 Å². The number of ether oxygens (including phenoxy) is 1. The monoisotopic (exact) mass is 514 g/mol. The zero-order valence-electron chi connectivity index (χ0n) is 20.5. The maximum absolute atomic E-state index is 13.6. The molecule has 9 heteroatoms. The second-order valence-electron chi connectivity index (χ2n) is 9.14. The van der Waals surface area contributed by atoms with Crippen LogP contribution in [-0.4, -0.2) is 47.4 Å². The van der Waals surface area contributed by atoms with Crippen LogP contribution in [0.4, 0.5) is 13.2 Å². The molecule has 1 atom stereocenters. The number of aryl methyl sites for hydroxylation is 1. The quantitative estimate of drug-likeness (QED) is 0.381. The number of amides is 2. The Kier molecular flexibility index (Phi) is 8.33. The molecule has 3 aromatic rings. The zero-order valence-corrected chi connectivity index (χ0v) is 20.5. The van der Waals surface area contributed by atoms with Gasteiger partial charge in [0, 0.05) is 25.3 Å². The van der Waals surface area contributed by atoms with Gasteiger partial charge >= 0.3 is 6.18 Å². The third-order valence-electron chi connectivity index (χ3n) is 6.23. The van der Waals surface area contributed by atoms with E-state index in [0.717, 1.165) is 48.4 Å². The minimum atomic E-state index is -4.50. The van der Waals surface area contributed by atoms with Crippen molar-refractivity contribution in [2.24, 2.45) is 0 Å². The Labute approximate surface area is 213 Å². The smallest absolute Gasteiger partial charge is 0.416 e. The lowest BCUT2D eigenvalue weighted by atomic mass is 10.1. The number of benzene rings is 2. The average Bonchev–Trinajstić information content (AvgIpc) is 3.54. The van der Waals surface area contributed by atoms with E-state index in [0.29, 0.717) is 18.9 Å². The highest BCUT2D eigenvalue weighted by Crippen LogP contribution is 2.29. The minimum Gasteiger partial charge on any atom is -0.464 e. The van der Waals surface area contributed by atoms with Gasteiger partial charge in [0.25, 0.3) is 5.91 Å². The van der Waals surface area contributed by atoms with E-state index in [1.54, 1.807) is 11.0 Å². The summed E-state index contributed by atoms with van der Waals surface area (Å²) in [4.78, 5) is 29.9. The van der Waals surface area contributed by atoms with Crippen LogP contribution in [0.5, 0.6) is 0 Å². The number of alkyl halides is 3. The van der Waals surface area contributed by atoms with E-state index in [1.807, 2.05) is 43.3 Å². The van der Waals surface area contributed by atoms with Crippen LogP contribution in [0.2, 0.25) is 0 Å². The first kappa shape index (κ1) is 26.5. The van der Waals surface area contributed by atoms with Crippen molar-refractivity contribution in [1.82, 2.24) is 9.80 Å². The van der Waals surface area contributed by atoms with Crippen molar-refractivity contribution in [3.05, 3.63) is 94.9 Å². The summed E-state index contributed by atoms with van der Waals surface area (Å²) in [6, 6.07) is 17.1. The second kappa shape index (κ2) is 11.6. The molecule has 37 heavy (non-hydrogen) atoms. The van der Waals surface area contributed by atoms with Crippen molar-refractivity contribution in [1.29, 1.82) is 0 Å². The molecule has 2 heterocycles. The van der Waals surface area contributed by atoms with Crippen LogP contribution in [0.3, 0.4) is 0 Å². The fourth-order valence-electron chi connectivity index (χ4n) is 4.30. The molecular weight excluding hydrogens is 485 g/mol. The normalized spacial score (nSPS) is 15.5. The van der Waals surface area contributed by atoms with Crippen molar-refractivity contribution < 1.29 is 31.9 Å². The van der Waals surface area contributed by atoms with Gasteiger partial charge in [-0.2, -0.15) is 13.2 Å². The molecule has 4 rings (SSSR count). The first-order valence-corrected chi connectivity index (χ1v) is 12.1. The van der Waals surface area contributed by atoms with Gasteiger partial charge in [-0.15, -0.1) is 0 Å². The molecule has 0 bridgehead atoms. The van der Waals surface area contributed by atoms with Gasteiger partial charge in [0.15, 0.2) is 0 Å². The standard InChI is InChI=1S/C28H29F3N2O4/c1-20-9-14-25(37-20)18-32(16-21-6-3-2-4-7-21)26(34)19-33(17-24-8-5-15-36-24)27(35)22-10-12-23(13-11-22)28(29,30)31/h2-4,6-7,9-14,24H,5,8,15-19H2,1H3. The summed E-state index contributed by atoms with van der Waals surface area (Å²) in [5.41, 5.74) is 0.155. The van der Waals surface area contributed by atoms with E-state index in [9.17, 15) is 22.8 Å². The van der Waals surface area contributed by atoms with Gasteiger partial charge < -0.3 is 19.0 Å². The van der Waals surface area contributed by atoms with E-state index in [1.165, 1.54) is 4.90 Å². The number of furan rings is 1. The van der Waals surface area contributed by atoms with Crippen LogP contribution in [0.15, 0.2) is 71.1 Å². The maximum atomic E-state index is 13.6. The van der Waals surface area contributed by atoms with Crippen molar-refractivity contribution in [3.63, 3.8) is 0 Å². The van der Waals surface area contributed by atoms with Crippen molar-refractivity contribution in [3.8, 4) is 0 Å². The van der Waals surface area contributed by atoms with Gasteiger partial charge in [0.2, 0.25) is 5.91 Å². The Morgan fingerprint density at radius 2 is 1.68 bits per heavy atom. The number of halogens is 3. The summed E-state index contributed by atoms with van der Waals surface area (Å²) in [6.45, 7) is 2.83. The maximum Gasteiger partial charge on any atom is 0.416 e. The van der Waals surface area contributed by atoms with Crippen LogP contribution in [0, 0.1) is 6.92 Å². The van der Waals surface area contributed by atoms with E-state index in [-0.39, 0.29) is 37.2 Å². The average molecular weight is 515 g/mol. The summed E-state index contributed by atoms with van der Waals surface area (Å²) < 4.78 is 50.4. The highest BCUT2D eigenvalue weighted by molar-refractivity contribution is 5.96. The summed E-state index contributed by atoms with van der Waals surface area (Å²) >= 11 is 0. The number of carbonyl (C=O) groups excluding carboxylic acids is 2. The Morgan fingerprint density at radius 3 is 2.27 bits per heavy atom. The predicted molar refractivity (Wildman–Crippen MR) is 130 cm³/mol. The third-order valence-corrected chi connectivity index (χ3v) is 6.23. The van der Waals surface area contributed by atoms with E-state index in [2.05, 4.69) is 0 Å². The summed E-state index contributed by atoms with van der Waals surface area (Å²) in [5.74, 6) is 0.503. The number of hydrogen-bond acceptors (Lipinski definition) is 4. The van der Waals surface area contributed by atoms with Crippen molar-refractivity contribution in [2.75, 3.05) is 19.7 Å². The molecule has 1 aliphatic rings.